The first-order valence-electron chi connectivity index (χ1n) is 8.53. The zero-order chi connectivity index (χ0) is 14.5. The number of rotatable bonds is 7. The van der Waals surface area contributed by atoms with Crippen LogP contribution in [0.15, 0.2) is 24.3 Å². The summed E-state index contributed by atoms with van der Waals surface area (Å²) in [5.74, 6) is 2.15. The minimum atomic E-state index is 0.916. The van der Waals surface area contributed by atoms with Gasteiger partial charge < -0.3 is 9.88 Å². The number of nitrogens with zero attached hydrogens (tertiary/aromatic N) is 2. The van der Waals surface area contributed by atoms with Crippen molar-refractivity contribution in [2.45, 2.75) is 52.0 Å². The summed E-state index contributed by atoms with van der Waals surface area (Å²) in [5, 5.41) is 3.65. The molecule has 0 atom stereocenters. The van der Waals surface area contributed by atoms with E-state index in [2.05, 4.69) is 41.1 Å². The van der Waals surface area contributed by atoms with Gasteiger partial charge in [0.25, 0.3) is 0 Å². The average molecular weight is 285 g/mol. The lowest BCUT2D eigenvalue weighted by molar-refractivity contribution is 0.475. The predicted molar refractivity (Wildman–Crippen MR) is 88.6 cm³/mol. The molecular formula is C18H27N3. The maximum absolute atomic E-state index is 4.79. The van der Waals surface area contributed by atoms with Crippen LogP contribution in [0.1, 0.15) is 44.9 Å². The van der Waals surface area contributed by atoms with Gasteiger partial charge in [-0.05, 0) is 43.9 Å². The third-order valence-electron chi connectivity index (χ3n) is 4.63. The molecule has 0 bridgehead atoms. The van der Waals surface area contributed by atoms with Crippen LogP contribution in [-0.2, 0) is 13.0 Å². The number of para-hydroxylation sites is 2. The van der Waals surface area contributed by atoms with Crippen molar-refractivity contribution in [1.82, 2.24) is 14.9 Å². The standard InChI is InChI=1S/C18H27N3/c1-2-7-18-20-16-10-5-6-11-17(16)21(18)13-12-19-14-15-8-3-4-9-15/h5-6,10-11,15,19H,2-4,7-9,12-14H2,1H3. The van der Waals surface area contributed by atoms with Gasteiger partial charge in [-0.2, -0.15) is 0 Å². The number of hydrogen-bond donors (Lipinski definition) is 1. The van der Waals surface area contributed by atoms with Gasteiger partial charge in [-0.1, -0.05) is 31.9 Å². The average Bonchev–Trinajstić information content (AvgIpc) is 3.12. The Morgan fingerprint density at radius 2 is 2.05 bits per heavy atom. The molecule has 1 aromatic carbocycles. The molecule has 1 N–H and O–H groups in total. The Balaban J connectivity index is 1.62. The summed E-state index contributed by atoms with van der Waals surface area (Å²) in [6.07, 6.45) is 7.92. The summed E-state index contributed by atoms with van der Waals surface area (Å²) < 4.78 is 2.40. The number of imidazole rings is 1. The van der Waals surface area contributed by atoms with Crippen LogP contribution in [0.4, 0.5) is 0 Å². The van der Waals surface area contributed by atoms with Gasteiger partial charge in [-0.3, -0.25) is 0 Å². The SMILES string of the molecule is CCCc1nc2ccccc2n1CCNCC1CCCC1. The van der Waals surface area contributed by atoms with Crippen LogP contribution in [0.3, 0.4) is 0 Å². The van der Waals surface area contributed by atoms with E-state index in [1.165, 1.54) is 43.6 Å². The maximum Gasteiger partial charge on any atom is 0.109 e. The molecule has 0 radical (unpaired) electrons. The summed E-state index contributed by atoms with van der Waals surface area (Å²) in [7, 11) is 0. The van der Waals surface area contributed by atoms with E-state index in [1.807, 2.05) is 0 Å². The molecule has 3 rings (SSSR count). The molecule has 0 amide bonds. The molecule has 3 heteroatoms. The Morgan fingerprint density at radius 3 is 2.86 bits per heavy atom. The van der Waals surface area contributed by atoms with Crippen molar-refractivity contribution in [2.24, 2.45) is 5.92 Å². The fourth-order valence-corrected chi connectivity index (χ4v) is 3.50. The maximum atomic E-state index is 4.79. The molecule has 2 aromatic rings. The molecule has 0 saturated heterocycles. The molecule has 1 aliphatic rings. The first kappa shape index (κ1) is 14.6. The van der Waals surface area contributed by atoms with Crippen molar-refractivity contribution in [1.29, 1.82) is 0 Å². The monoisotopic (exact) mass is 285 g/mol. The molecule has 1 aromatic heterocycles. The molecule has 0 aliphatic heterocycles. The Labute approximate surface area is 127 Å². The number of aromatic nitrogens is 2. The van der Waals surface area contributed by atoms with Gasteiger partial charge in [0.15, 0.2) is 0 Å². The van der Waals surface area contributed by atoms with E-state index in [4.69, 9.17) is 4.98 Å². The lowest BCUT2D eigenvalue weighted by atomic mass is 10.1. The van der Waals surface area contributed by atoms with Crippen LogP contribution in [-0.4, -0.2) is 22.6 Å². The first-order valence-corrected chi connectivity index (χ1v) is 8.53. The molecule has 21 heavy (non-hydrogen) atoms. The normalized spacial score (nSPS) is 16.0. The van der Waals surface area contributed by atoms with Gasteiger partial charge >= 0.3 is 0 Å². The van der Waals surface area contributed by atoms with Gasteiger partial charge in [0.05, 0.1) is 11.0 Å². The van der Waals surface area contributed by atoms with Crippen molar-refractivity contribution in [3.63, 3.8) is 0 Å². The van der Waals surface area contributed by atoms with Gasteiger partial charge in [-0.25, -0.2) is 4.98 Å². The largest absolute Gasteiger partial charge is 0.327 e. The molecule has 3 nitrogen and oxygen atoms in total. The van der Waals surface area contributed by atoms with Crippen LogP contribution in [0.2, 0.25) is 0 Å². The molecule has 0 unspecified atom stereocenters. The van der Waals surface area contributed by atoms with Crippen molar-refractivity contribution < 1.29 is 0 Å². The minimum absolute atomic E-state index is 0.916. The summed E-state index contributed by atoms with van der Waals surface area (Å²) in [4.78, 5) is 4.79. The Hall–Kier alpha value is -1.35. The topological polar surface area (TPSA) is 29.9 Å². The lowest BCUT2D eigenvalue weighted by Crippen LogP contribution is -2.25. The molecule has 0 spiro atoms. The third kappa shape index (κ3) is 3.46. The van der Waals surface area contributed by atoms with Crippen LogP contribution in [0, 0.1) is 5.92 Å². The van der Waals surface area contributed by atoms with Gasteiger partial charge in [0.1, 0.15) is 5.82 Å². The van der Waals surface area contributed by atoms with Crippen LogP contribution >= 0.6 is 0 Å². The second-order valence-corrected chi connectivity index (χ2v) is 6.27. The number of aryl methyl sites for hydroxylation is 1. The van der Waals surface area contributed by atoms with Gasteiger partial charge in [0.2, 0.25) is 0 Å². The van der Waals surface area contributed by atoms with E-state index in [9.17, 15) is 0 Å². The van der Waals surface area contributed by atoms with E-state index < -0.39 is 0 Å². The second-order valence-electron chi connectivity index (χ2n) is 6.27. The van der Waals surface area contributed by atoms with Crippen molar-refractivity contribution in [2.75, 3.05) is 13.1 Å². The van der Waals surface area contributed by atoms with E-state index in [0.717, 1.165) is 37.4 Å². The summed E-state index contributed by atoms with van der Waals surface area (Å²) in [6, 6.07) is 8.51. The smallest absolute Gasteiger partial charge is 0.109 e. The van der Waals surface area contributed by atoms with E-state index in [-0.39, 0.29) is 0 Å². The number of benzene rings is 1. The summed E-state index contributed by atoms with van der Waals surface area (Å²) >= 11 is 0. The molecule has 1 fully saturated rings. The van der Waals surface area contributed by atoms with Crippen LogP contribution in [0.5, 0.6) is 0 Å². The highest BCUT2D eigenvalue weighted by atomic mass is 15.1. The molecular weight excluding hydrogens is 258 g/mol. The quantitative estimate of drug-likeness (QED) is 0.785. The van der Waals surface area contributed by atoms with Crippen molar-refractivity contribution in [3.05, 3.63) is 30.1 Å². The first-order chi connectivity index (χ1) is 10.4. The van der Waals surface area contributed by atoms with Gasteiger partial charge in [-0.15, -0.1) is 0 Å². The molecule has 1 aliphatic carbocycles. The Bertz CT molecular complexity index is 567. The molecule has 1 saturated carbocycles. The van der Waals surface area contributed by atoms with Crippen molar-refractivity contribution >= 4 is 11.0 Å². The van der Waals surface area contributed by atoms with E-state index in [1.54, 1.807) is 0 Å². The summed E-state index contributed by atoms with van der Waals surface area (Å²) in [5.41, 5.74) is 2.42. The van der Waals surface area contributed by atoms with E-state index >= 15 is 0 Å². The number of fused-ring (bicyclic) bond motifs is 1. The number of nitrogens with one attached hydrogen (secondary N) is 1. The highest BCUT2D eigenvalue weighted by Gasteiger charge is 2.14. The molecule has 1 heterocycles. The van der Waals surface area contributed by atoms with Crippen LogP contribution < -0.4 is 5.32 Å². The minimum Gasteiger partial charge on any atom is -0.327 e. The van der Waals surface area contributed by atoms with Gasteiger partial charge in [0, 0.05) is 19.5 Å². The predicted octanol–water partition coefficient (Wildman–Crippen LogP) is 3.77. The summed E-state index contributed by atoms with van der Waals surface area (Å²) in [6.45, 7) is 5.49. The van der Waals surface area contributed by atoms with Crippen molar-refractivity contribution in [3.8, 4) is 0 Å². The number of hydrogen-bond acceptors (Lipinski definition) is 2. The highest BCUT2D eigenvalue weighted by molar-refractivity contribution is 5.75. The Kier molecular flexibility index (Phi) is 4.91. The fraction of sp³-hybridized carbons (Fsp3) is 0.611. The Morgan fingerprint density at radius 1 is 1.24 bits per heavy atom. The zero-order valence-corrected chi connectivity index (χ0v) is 13.1. The lowest BCUT2D eigenvalue weighted by Gasteiger charge is -2.12. The fourth-order valence-electron chi connectivity index (χ4n) is 3.50. The van der Waals surface area contributed by atoms with E-state index in [0.29, 0.717) is 0 Å². The molecule has 114 valence electrons. The zero-order valence-electron chi connectivity index (χ0n) is 13.1. The highest BCUT2D eigenvalue weighted by Crippen LogP contribution is 2.23. The third-order valence-corrected chi connectivity index (χ3v) is 4.63. The van der Waals surface area contributed by atoms with Crippen LogP contribution in [0.25, 0.3) is 11.0 Å². The second kappa shape index (κ2) is 7.08.